The van der Waals surface area contributed by atoms with Crippen molar-refractivity contribution in [2.45, 2.75) is 38.9 Å². The summed E-state index contributed by atoms with van der Waals surface area (Å²) in [7, 11) is 0. The molecule has 0 aliphatic heterocycles. The second-order valence-electron chi connectivity index (χ2n) is 7.05. The van der Waals surface area contributed by atoms with Crippen molar-refractivity contribution in [3.05, 3.63) is 41.8 Å². The molecule has 6 N–H and O–H groups in total. The number of halogens is 2. The third kappa shape index (κ3) is 4.48. The Kier molecular flexibility index (Phi) is 6.46. The number of amides is 1. The Morgan fingerprint density at radius 3 is 2.70 bits per heavy atom. The number of carbonyl (C=O) groups excluding carboxylic acids is 1. The van der Waals surface area contributed by atoms with Crippen LogP contribution in [0.5, 0.6) is 0 Å². The van der Waals surface area contributed by atoms with Gasteiger partial charge in [-0.15, -0.1) is 0 Å². The second-order valence-corrected chi connectivity index (χ2v) is 7.05. The molecule has 10 heteroatoms. The lowest BCUT2D eigenvalue weighted by molar-refractivity contribution is 0.100. The van der Waals surface area contributed by atoms with E-state index in [9.17, 15) is 13.6 Å². The number of primary amides is 1. The van der Waals surface area contributed by atoms with Crippen LogP contribution in [0.15, 0.2) is 30.5 Å². The molecule has 3 aromatic rings. The fourth-order valence-corrected chi connectivity index (χ4v) is 3.21. The normalized spacial score (nSPS) is 13.2. The number of nitrogens with zero attached hydrogens (tertiary/aromatic N) is 3. The maximum atomic E-state index is 14.5. The van der Waals surface area contributed by atoms with E-state index in [0.717, 1.165) is 17.0 Å². The first-order chi connectivity index (χ1) is 14.3. The molecule has 8 nitrogen and oxygen atoms in total. The number of hydrogen-bond acceptors (Lipinski definition) is 6. The summed E-state index contributed by atoms with van der Waals surface area (Å²) in [5.41, 5.74) is 12.6. The summed E-state index contributed by atoms with van der Waals surface area (Å²) >= 11 is 0. The van der Waals surface area contributed by atoms with Gasteiger partial charge in [0.25, 0.3) is 5.91 Å². The van der Waals surface area contributed by atoms with Crippen molar-refractivity contribution in [3.8, 4) is 0 Å². The minimum atomic E-state index is -0.813. The van der Waals surface area contributed by atoms with Crippen LogP contribution >= 0.6 is 0 Å². The van der Waals surface area contributed by atoms with Gasteiger partial charge in [-0.05, 0) is 37.6 Å². The van der Waals surface area contributed by atoms with Crippen LogP contribution in [0, 0.1) is 5.82 Å². The summed E-state index contributed by atoms with van der Waals surface area (Å²) in [6.07, 6.45) is 2.28. The fourth-order valence-electron chi connectivity index (χ4n) is 3.21. The molecule has 2 atom stereocenters. The molecule has 0 bridgehead atoms. The zero-order valence-electron chi connectivity index (χ0n) is 16.8. The van der Waals surface area contributed by atoms with Crippen LogP contribution in [-0.2, 0) is 6.54 Å². The van der Waals surface area contributed by atoms with Gasteiger partial charge >= 0.3 is 0 Å². The molecule has 0 spiro atoms. The number of fused-ring (bicyclic) bond motifs is 1. The van der Waals surface area contributed by atoms with E-state index in [4.69, 9.17) is 11.5 Å². The highest BCUT2D eigenvalue weighted by molar-refractivity contribution is 5.99. The molecule has 0 saturated carbocycles. The standard InChI is InChI=1S/C20H25F2N7O/c1-3-16(11(2)23)27-20-15(22)9-14(18(24)30)19(28-20)26-13-4-5-17-12(8-13)10-25-29(17)7-6-21/h4-5,8-11,16H,3,6-7,23H2,1-2H3,(H2,24,30)(H2,26,27,28)/t11-,16+/m0/s1. The number of pyridine rings is 1. The van der Waals surface area contributed by atoms with Crippen LogP contribution in [0.3, 0.4) is 0 Å². The van der Waals surface area contributed by atoms with Crippen molar-refractivity contribution in [2.75, 3.05) is 17.3 Å². The van der Waals surface area contributed by atoms with E-state index in [1.807, 2.05) is 13.8 Å². The minimum Gasteiger partial charge on any atom is -0.365 e. The smallest absolute Gasteiger partial charge is 0.252 e. The number of nitrogens with two attached hydrogens (primary N) is 2. The van der Waals surface area contributed by atoms with Gasteiger partial charge < -0.3 is 22.1 Å². The Morgan fingerprint density at radius 1 is 1.30 bits per heavy atom. The number of aromatic nitrogens is 3. The number of nitrogens with one attached hydrogen (secondary N) is 2. The van der Waals surface area contributed by atoms with E-state index in [2.05, 4.69) is 20.7 Å². The van der Waals surface area contributed by atoms with Gasteiger partial charge in [-0.25, -0.2) is 13.8 Å². The van der Waals surface area contributed by atoms with Gasteiger partial charge in [-0.3, -0.25) is 9.48 Å². The number of hydrogen-bond donors (Lipinski definition) is 4. The quantitative estimate of drug-likeness (QED) is 0.424. The molecule has 0 fully saturated rings. The number of carbonyl (C=O) groups is 1. The van der Waals surface area contributed by atoms with E-state index >= 15 is 0 Å². The molecule has 2 aromatic heterocycles. The number of anilines is 3. The third-order valence-corrected chi connectivity index (χ3v) is 4.84. The Balaban J connectivity index is 1.96. The number of alkyl halides is 1. The maximum Gasteiger partial charge on any atom is 0.252 e. The largest absolute Gasteiger partial charge is 0.365 e. The van der Waals surface area contributed by atoms with Crippen molar-refractivity contribution in [3.63, 3.8) is 0 Å². The molecule has 0 aliphatic carbocycles. The second kappa shape index (κ2) is 9.04. The van der Waals surface area contributed by atoms with E-state index in [1.165, 1.54) is 0 Å². The Labute approximate surface area is 172 Å². The molecule has 0 unspecified atom stereocenters. The van der Waals surface area contributed by atoms with Gasteiger partial charge in [0, 0.05) is 23.2 Å². The molecular formula is C20H25F2N7O. The van der Waals surface area contributed by atoms with Crippen LogP contribution in [0.2, 0.25) is 0 Å². The molecule has 160 valence electrons. The maximum absolute atomic E-state index is 14.5. The third-order valence-electron chi connectivity index (χ3n) is 4.84. The zero-order valence-corrected chi connectivity index (χ0v) is 16.8. The van der Waals surface area contributed by atoms with E-state index in [1.54, 1.807) is 29.1 Å². The highest BCUT2D eigenvalue weighted by atomic mass is 19.1. The molecule has 30 heavy (non-hydrogen) atoms. The van der Waals surface area contributed by atoms with Crippen LogP contribution in [0.25, 0.3) is 10.9 Å². The van der Waals surface area contributed by atoms with Crippen molar-refractivity contribution in [2.24, 2.45) is 11.5 Å². The molecule has 2 heterocycles. The van der Waals surface area contributed by atoms with Gasteiger partial charge in [-0.1, -0.05) is 6.92 Å². The molecule has 0 aliphatic rings. The Morgan fingerprint density at radius 2 is 2.07 bits per heavy atom. The summed E-state index contributed by atoms with van der Waals surface area (Å²) in [5, 5.41) is 10.9. The zero-order chi connectivity index (χ0) is 21.8. The van der Waals surface area contributed by atoms with Crippen molar-refractivity contribution >= 4 is 34.1 Å². The Bertz CT molecular complexity index is 1050. The summed E-state index contributed by atoms with van der Waals surface area (Å²) in [6, 6.07) is 5.90. The van der Waals surface area contributed by atoms with Gasteiger partial charge in [0.05, 0.1) is 23.8 Å². The SMILES string of the molecule is CC[C@@H](Nc1nc(Nc2ccc3c(cnn3CCF)c2)c(C(N)=O)cc1F)[C@H](C)N. The van der Waals surface area contributed by atoms with Crippen LogP contribution in [-0.4, -0.2) is 39.4 Å². The van der Waals surface area contributed by atoms with E-state index in [-0.39, 0.29) is 35.8 Å². The topological polar surface area (TPSA) is 124 Å². The number of benzene rings is 1. The summed E-state index contributed by atoms with van der Waals surface area (Å²) in [6.45, 7) is 3.38. The van der Waals surface area contributed by atoms with Gasteiger partial charge in [0.1, 0.15) is 12.5 Å². The first-order valence-corrected chi connectivity index (χ1v) is 9.65. The predicted molar refractivity (Wildman–Crippen MR) is 113 cm³/mol. The molecule has 0 saturated heterocycles. The molecule has 1 amide bonds. The summed E-state index contributed by atoms with van der Waals surface area (Å²) in [5.74, 6) is -1.42. The number of rotatable bonds is 9. The summed E-state index contributed by atoms with van der Waals surface area (Å²) in [4.78, 5) is 16.1. The molecular weight excluding hydrogens is 392 g/mol. The minimum absolute atomic E-state index is 0.0245. The lowest BCUT2D eigenvalue weighted by Gasteiger charge is -2.22. The average molecular weight is 417 g/mol. The first-order valence-electron chi connectivity index (χ1n) is 9.65. The van der Waals surface area contributed by atoms with Crippen molar-refractivity contribution < 1.29 is 13.6 Å². The van der Waals surface area contributed by atoms with Crippen LogP contribution in [0.4, 0.5) is 26.1 Å². The lowest BCUT2D eigenvalue weighted by Crippen LogP contribution is -2.38. The average Bonchev–Trinajstić information content (AvgIpc) is 3.10. The van der Waals surface area contributed by atoms with Gasteiger partial charge in [-0.2, -0.15) is 5.10 Å². The van der Waals surface area contributed by atoms with Crippen LogP contribution in [0.1, 0.15) is 30.6 Å². The highest BCUT2D eigenvalue weighted by Crippen LogP contribution is 2.26. The molecule has 3 rings (SSSR count). The van der Waals surface area contributed by atoms with E-state index in [0.29, 0.717) is 12.1 Å². The van der Waals surface area contributed by atoms with Crippen molar-refractivity contribution in [1.82, 2.24) is 14.8 Å². The van der Waals surface area contributed by atoms with Crippen molar-refractivity contribution in [1.29, 1.82) is 0 Å². The van der Waals surface area contributed by atoms with Gasteiger partial charge in [0.15, 0.2) is 11.6 Å². The monoisotopic (exact) mass is 417 g/mol. The van der Waals surface area contributed by atoms with E-state index < -0.39 is 18.4 Å². The first kappa shape index (κ1) is 21.4. The van der Waals surface area contributed by atoms with Crippen LogP contribution < -0.4 is 22.1 Å². The Hall–Kier alpha value is -3.27. The van der Waals surface area contributed by atoms with Gasteiger partial charge in [0.2, 0.25) is 0 Å². The lowest BCUT2D eigenvalue weighted by atomic mass is 10.1. The summed E-state index contributed by atoms with van der Waals surface area (Å²) < 4.78 is 28.7. The molecule has 1 aromatic carbocycles. The number of aryl methyl sites for hydroxylation is 1. The molecule has 0 radical (unpaired) electrons. The fraction of sp³-hybridized carbons (Fsp3) is 0.350. The highest BCUT2D eigenvalue weighted by Gasteiger charge is 2.19. The predicted octanol–water partition coefficient (Wildman–Crippen LogP) is 2.92.